The summed E-state index contributed by atoms with van der Waals surface area (Å²) in [5, 5.41) is 5.58. The molecule has 1 rings (SSSR count). The first-order valence-corrected chi connectivity index (χ1v) is 5.13. The van der Waals surface area contributed by atoms with Crippen LogP contribution in [0.4, 0.5) is 5.69 Å². The molecule has 0 atom stereocenters. The van der Waals surface area contributed by atoms with E-state index in [0.717, 1.165) is 15.7 Å². The molecule has 1 aromatic carbocycles. The lowest BCUT2D eigenvalue weighted by Gasteiger charge is -2.06. The van der Waals surface area contributed by atoms with Crippen molar-refractivity contribution in [1.82, 2.24) is 5.32 Å². The maximum atomic E-state index is 11.0. The highest BCUT2D eigenvalue weighted by atomic mass is 79.9. The molecule has 0 saturated heterocycles. The SMILES string of the molecule is CNC(=O)CNc1ccc(Br)c(C)c1. The monoisotopic (exact) mass is 256 g/mol. The minimum Gasteiger partial charge on any atom is -0.376 e. The molecule has 4 heteroatoms. The fourth-order valence-corrected chi connectivity index (χ4v) is 1.27. The Kier molecular flexibility index (Phi) is 3.95. The van der Waals surface area contributed by atoms with Crippen molar-refractivity contribution in [3.05, 3.63) is 28.2 Å². The number of carbonyl (C=O) groups excluding carboxylic acids is 1. The van der Waals surface area contributed by atoms with E-state index >= 15 is 0 Å². The smallest absolute Gasteiger partial charge is 0.239 e. The molecule has 0 saturated carbocycles. The van der Waals surface area contributed by atoms with Crippen molar-refractivity contribution in [2.75, 3.05) is 18.9 Å². The number of amides is 1. The Labute approximate surface area is 92.0 Å². The lowest BCUT2D eigenvalue weighted by molar-refractivity contribution is -0.118. The van der Waals surface area contributed by atoms with Gasteiger partial charge in [0.15, 0.2) is 0 Å². The Bertz CT molecular complexity index is 339. The molecule has 0 bridgehead atoms. The highest BCUT2D eigenvalue weighted by molar-refractivity contribution is 9.10. The Balaban J connectivity index is 2.60. The van der Waals surface area contributed by atoms with Crippen LogP contribution in [0, 0.1) is 6.92 Å². The third-order valence-electron chi connectivity index (χ3n) is 1.89. The van der Waals surface area contributed by atoms with E-state index in [0.29, 0.717) is 6.54 Å². The molecule has 0 aliphatic heterocycles. The first-order chi connectivity index (χ1) is 6.63. The van der Waals surface area contributed by atoms with Gasteiger partial charge in [0.2, 0.25) is 5.91 Å². The molecule has 76 valence electrons. The van der Waals surface area contributed by atoms with Crippen LogP contribution in [0.25, 0.3) is 0 Å². The van der Waals surface area contributed by atoms with E-state index in [1.165, 1.54) is 0 Å². The number of hydrogen-bond donors (Lipinski definition) is 2. The number of anilines is 1. The van der Waals surface area contributed by atoms with Gasteiger partial charge in [0, 0.05) is 17.2 Å². The molecule has 2 N–H and O–H groups in total. The summed E-state index contributed by atoms with van der Waals surface area (Å²) in [5.74, 6) is -0.0226. The predicted molar refractivity (Wildman–Crippen MR) is 61.4 cm³/mol. The zero-order valence-electron chi connectivity index (χ0n) is 8.23. The maximum absolute atomic E-state index is 11.0. The van der Waals surface area contributed by atoms with Gasteiger partial charge in [-0.2, -0.15) is 0 Å². The normalized spacial score (nSPS) is 9.64. The zero-order chi connectivity index (χ0) is 10.6. The van der Waals surface area contributed by atoms with Crippen molar-refractivity contribution in [1.29, 1.82) is 0 Å². The summed E-state index contributed by atoms with van der Waals surface area (Å²) in [6.07, 6.45) is 0. The summed E-state index contributed by atoms with van der Waals surface area (Å²) in [6, 6.07) is 5.88. The fourth-order valence-electron chi connectivity index (χ4n) is 1.03. The molecule has 1 amide bonds. The zero-order valence-corrected chi connectivity index (χ0v) is 9.81. The van der Waals surface area contributed by atoms with Gasteiger partial charge >= 0.3 is 0 Å². The van der Waals surface area contributed by atoms with Crippen LogP contribution in [0.3, 0.4) is 0 Å². The molecule has 0 aliphatic rings. The molecule has 14 heavy (non-hydrogen) atoms. The van der Waals surface area contributed by atoms with Gasteiger partial charge in [-0.1, -0.05) is 15.9 Å². The number of rotatable bonds is 3. The van der Waals surface area contributed by atoms with Gasteiger partial charge in [-0.05, 0) is 30.7 Å². The summed E-state index contributed by atoms with van der Waals surface area (Å²) < 4.78 is 1.07. The van der Waals surface area contributed by atoms with Crippen molar-refractivity contribution < 1.29 is 4.79 Å². The van der Waals surface area contributed by atoms with Crippen LogP contribution in [0.2, 0.25) is 0 Å². The van der Waals surface area contributed by atoms with Crippen LogP contribution in [0.1, 0.15) is 5.56 Å². The summed E-state index contributed by atoms with van der Waals surface area (Å²) in [5.41, 5.74) is 2.10. The molecule has 0 heterocycles. The number of halogens is 1. The van der Waals surface area contributed by atoms with E-state index in [4.69, 9.17) is 0 Å². The molecule has 0 aromatic heterocycles. The van der Waals surface area contributed by atoms with E-state index in [1.807, 2.05) is 25.1 Å². The van der Waals surface area contributed by atoms with Gasteiger partial charge in [-0.3, -0.25) is 4.79 Å². The first-order valence-electron chi connectivity index (χ1n) is 4.34. The van der Waals surface area contributed by atoms with Crippen LogP contribution in [0.15, 0.2) is 22.7 Å². The Morgan fingerprint density at radius 1 is 1.50 bits per heavy atom. The quantitative estimate of drug-likeness (QED) is 0.868. The molecule has 0 fully saturated rings. The largest absolute Gasteiger partial charge is 0.376 e. The van der Waals surface area contributed by atoms with Gasteiger partial charge in [0.25, 0.3) is 0 Å². The molecule has 0 spiro atoms. The van der Waals surface area contributed by atoms with Crippen LogP contribution in [-0.4, -0.2) is 19.5 Å². The summed E-state index contributed by atoms with van der Waals surface area (Å²) >= 11 is 3.42. The molecule has 0 aliphatic carbocycles. The van der Waals surface area contributed by atoms with Gasteiger partial charge in [0.1, 0.15) is 0 Å². The van der Waals surface area contributed by atoms with E-state index in [9.17, 15) is 4.79 Å². The second-order valence-electron chi connectivity index (χ2n) is 2.99. The third-order valence-corrected chi connectivity index (χ3v) is 2.78. The Morgan fingerprint density at radius 3 is 2.79 bits per heavy atom. The van der Waals surface area contributed by atoms with Crippen molar-refractivity contribution in [2.24, 2.45) is 0 Å². The second-order valence-corrected chi connectivity index (χ2v) is 3.85. The number of likely N-dealkylation sites (N-methyl/N-ethyl adjacent to an activating group) is 1. The number of hydrogen-bond acceptors (Lipinski definition) is 2. The van der Waals surface area contributed by atoms with E-state index < -0.39 is 0 Å². The average molecular weight is 257 g/mol. The average Bonchev–Trinajstić information content (AvgIpc) is 2.19. The molecular formula is C10H13BrN2O. The topological polar surface area (TPSA) is 41.1 Å². The van der Waals surface area contributed by atoms with Gasteiger partial charge < -0.3 is 10.6 Å². The van der Waals surface area contributed by atoms with Gasteiger partial charge in [-0.15, -0.1) is 0 Å². The first kappa shape index (κ1) is 11.0. The van der Waals surface area contributed by atoms with Crippen molar-refractivity contribution in [3.63, 3.8) is 0 Å². The minimum atomic E-state index is -0.0226. The third kappa shape index (κ3) is 3.03. The lowest BCUT2D eigenvalue weighted by Crippen LogP contribution is -2.26. The van der Waals surface area contributed by atoms with E-state index in [-0.39, 0.29) is 5.91 Å². The highest BCUT2D eigenvalue weighted by Crippen LogP contribution is 2.19. The minimum absolute atomic E-state index is 0.0226. The van der Waals surface area contributed by atoms with E-state index in [2.05, 4.69) is 26.6 Å². The number of nitrogens with one attached hydrogen (secondary N) is 2. The lowest BCUT2D eigenvalue weighted by atomic mass is 10.2. The summed E-state index contributed by atoms with van der Waals surface area (Å²) in [4.78, 5) is 11.0. The van der Waals surface area contributed by atoms with Crippen LogP contribution in [0.5, 0.6) is 0 Å². The van der Waals surface area contributed by atoms with Crippen LogP contribution < -0.4 is 10.6 Å². The van der Waals surface area contributed by atoms with Crippen molar-refractivity contribution in [3.8, 4) is 0 Å². The highest BCUT2D eigenvalue weighted by Gasteiger charge is 1.99. The van der Waals surface area contributed by atoms with Crippen molar-refractivity contribution >= 4 is 27.5 Å². The second kappa shape index (κ2) is 5.00. The number of carbonyl (C=O) groups is 1. The predicted octanol–water partition coefficient (Wildman–Crippen LogP) is 1.92. The maximum Gasteiger partial charge on any atom is 0.239 e. The van der Waals surface area contributed by atoms with Crippen LogP contribution >= 0.6 is 15.9 Å². The summed E-state index contributed by atoms with van der Waals surface area (Å²) in [7, 11) is 1.62. The molecule has 1 aromatic rings. The van der Waals surface area contributed by atoms with Crippen LogP contribution in [-0.2, 0) is 4.79 Å². The number of benzene rings is 1. The fraction of sp³-hybridized carbons (Fsp3) is 0.300. The summed E-state index contributed by atoms with van der Waals surface area (Å²) in [6.45, 7) is 2.31. The van der Waals surface area contributed by atoms with Crippen molar-refractivity contribution in [2.45, 2.75) is 6.92 Å². The Hall–Kier alpha value is -1.03. The molecule has 3 nitrogen and oxygen atoms in total. The molecular weight excluding hydrogens is 244 g/mol. The van der Waals surface area contributed by atoms with Gasteiger partial charge in [-0.25, -0.2) is 0 Å². The standard InChI is InChI=1S/C10H13BrN2O/c1-7-5-8(3-4-9(7)11)13-6-10(14)12-2/h3-5,13H,6H2,1-2H3,(H,12,14). The van der Waals surface area contributed by atoms with Gasteiger partial charge in [0.05, 0.1) is 6.54 Å². The number of aryl methyl sites for hydroxylation is 1. The molecule has 0 radical (unpaired) electrons. The molecule has 0 unspecified atom stereocenters. The Morgan fingerprint density at radius 2 is 2.21 bits per heavy atom. The van der Waals surface area contributed by atoms with E-state index in [1.54, 1.807) is 7.05 Å².